The lowest BCUT2D eigenvalue weighted by Gasteiger charge is -2.36. The van der Waals surface area contributed by atoms with Crippen LogP contribution in [0.5, 0.6) is 0 Å². The molecule has 0 atom stereocenters. The summed E-state index contributed by atoms with van der Waals surface area (Å²) in [6.45, 7) is 3.27. The summed E-state index contributed by atoms with van der Waals surface area (Å²) in [5.41, 5.74) is 1.32. The Labute approximate surface area is 145 Å². The van der Waals surface area contributed by atoms with Crippen molar-refractivity contribution < 1.29 is 17.2 Å². The number of alkyl halides is 2. The van der Waals surface area contributed by atoms with Gasteiger partial charge in [0, 0.05) is 38.9 Å². The minimum atomic E-state index is -4.62. The van der Waals surface area contributed by atoms with E-state index in [-0.39, 0.29) is 4.90 Å². The number of pyridine rings is 1. The number of anilines is 1. The average Bonchev–Trinajstić information content (AvgIpc) is 2.63. The number of hydrogen-bond donors (Lipinski definition) is 0. The first-order valence-corrected chi connectivity index (χ1v) is 9.51. The summed E-state index contributed by atoms with van der Waals surface area (Å²) in [5, 5.41) is 0. The van der Waals surface area contributed by atoms with Gasteiger partial charge in [0.2, 0.25) is 9.84 Å². The molecule has 3 rings (SSSR count). The van der Waals surface area contributed by atoms with Gasteiger partial charge in [-0.15, -0.1) is 0 Å². The van der Waals surface area contributed by atoms with Gasteiger partial charge in [-0.05, 0) is 24.3 Å². The van der Waals surface area contributed by atoms with E-state index in [4.69, 9.17) is 0 Å². The van der Waals surface area contributed by atoms with Crippen molar-refractivity contribution in [1.29, 1.82) is 0 Å². The van der Waals surface area contributed by atoms with Crippen LogP contribution in [0, 0.1) is 0 Å². The summed E-state index contributed by atoms with van der Waals surface area (Å²) >= 11 is 0. The third-order valence-electron chi connectivity index (χ3n) is 4.23. The lowest BCUT2D eigenvalue weighted by atomic mass is 10.2. The Balaban J connectivity index is 1.72. The number of sulfone groups is 1. The van der Waals surface area contributed by atoms with Crippen molar-refractivity contribution >= 4 is 15.5 Å². The van der Waals surface area contributed by atoms with E-state index in [1.165, 1.54) is 12.1 Å². The highest BCUT2D eigenvalue weighted by Crippen LogP contribution is 2.29. The summed E-state index contributed by atoms with van der Waals surface area (Å²) in [4.78, 5) is 8.06. The van der Waals surface area contributed by atoms with E-state index < -0.39 is 15.6 Å². The Morgan fingerprint density at radius 1 is 1.00 bits per heavy atom. The fourth-order valence-corrected chi connectivity index (χ4v) is 3.87. The topological polar surface area (TPSA) is 53.5 Å². The maximum Gasteiger partial charge on any atom is 0.341 e. The van der Waals surface area contributed by atoms with Crippen molar-refractivity contribution in [3.63, 3.8) is 0 Å². The maximum absolute atomic E-state index is 12.9. The second kappa shape index (κ2) is 7.45. The van der Waals surface area contributed by atoms with Gasteiger partial charge in [-0.3, -0.25) is 9.88 Å². The largest absolute Gasteiger partial charge is 0.368 e. The number of aromatic nitrogens is 1. The summed E-state index contributed by atoms with van der Waals surface area (Å²) in [7, 11) is -4.62. The van der Waals surface area contributed by atoms with E-state index in [0.717, 1.165) is 5.69 Å². The van der Waals surface area contributed by atoms with Crippen LogP contribution in [-0.2, 0) is 16.4 Å². The number of piperazine rings is 1. The number of nitrogens with zero attached hydrogens (tertiary/aromatic N) is 3. The molecule has 1 aromatic heterocycles. The Bertz CT molecular complexity index is 808. The molecule has 25 heavy (non-hydrogen) atoms. The minimum Gasteiger partial charge on any atom is -0.368 e. The molecule has 0 N–H and O–H groups in total. The molecule has 0 aliphatic carbocycles. The molecule has 2 heterocycles. The van der Waals surface area contributed by atoms with Gasteiger partial charge >= 0.3 is 5.76 Å². The van der Waals surface area contributed by atoms with Gasteiger partial charge in [0.15, 0.2) is 0 Å². The van der Waals surface area contributed by atoms with Gasteiger partial charge in [-0.25, -0.2) is 8.42 Å². The van der Waals surface area contributed by atoms with Crippen LogP contribution < -0.4 is 4.90 Å². The quantitative estimate of drug-likeness (QED) is 0.812. The molecular weight excluding hydrogens is 348 g/mol. The molecule has 1 aliphatic rings. The zero-order valence-corrected chi connectivity index (χ0v) is 14.4. The van der Waals surface area contributed by atoms with Crippen LogP contribution in [0.3, 0.4) is 0 Å². The molecular formula is C17H19F2N3O2S. The van der Waals surface area contributed by atoms with E-state index in [9.17, 15) is 17.2 Å². The number of benzene rings is 1. The molecule has 1 aromatic carbocycles. The fraction of sp³-hybridized carbons (Fsp3) is 0.353. The van der Waals surface area contributed by atoms with Gasteiger partial charge in [0.25, 0.3) is 0 Å². The number of halogens is 2. The smallest absolute Gasteiger partial charge is 0.341 e. The molecule has 0 unspecified atom stereocenters. The van der Waals surface area contributed by atoms with Crippen LogP contribution in [0.2, 0.25) is 0 Å². The molecule has 5 nitrogen and oxygen atoms in total. The molecule has 134 valence electrons. The zero-order chi connectivity index (χ0) is 17.9. The summed E-state index contributed by atoms with van der Waals surface area (Å²) in [6.07, 6.45) is 1.75. The zero-order valence-electron chi connectivity index (χ0n) is 13.6. The van der Waals surface area contributed by atoms with E-state index in [1.807, 2.05) is 23.1 Å². The van der Waals surface area contributed by atoms with Gasteiger partial charge < -0.3 is 4.90 Å². The molecule has 2 aromatic rings. The maximum atomic E-state index is 12.9. The molecule has 0 bridgehead atoms. The number of para-hydroxylation sites is 1. The normalized spacial score (nSPS) is 16.4. The molecule has 0 spiro atoms. The van der Waals surface area contributed by atoms with Crippen molar-refractivity contribution in [3.05, 3.63) is 54.4 Å². The molecule has 1 fully saturated rings. The van der Waals surface area contributed by atoms with Crippen molar-refractivity contribution in [3.8, 4) is 0 Å². The van der Waals surface area contributed by atoms with Gasteiger partial charge in [0.05, 0.1) is 16.3 Å². The van der Waals surface area contributed by atoms with Crippen molar-refractivity contribution in [2.45, 2.75) is 17.2 Å². The van der Waals surface area contributed by atoms with Gasteiger partial charge in [-0.1, -0.05) is 18.2 Å². The molecule has 0 saturated carbocycles. The van der Waals surface area contributed by atoms with Crippen molar-refractivity contribution in [2.24, 2.45) is 0 Å². The predicted molar refractivity (Wildman–Crippen MR) is 91.4 cm³/mol. The molecule has 1 aliphatic heterocycles. The SMILES string of the molecule is O=S(=O)(c1ccccc1N1CCN(Cc2ccccn2)CC1)C(F)F. The Morgan fingerprint density at radius 3 is 2.32 bits per heavy atom. The van der Waals surface area contributed by atoms with E-state index in [1.54, 1.807) is 18.3 Å². The van der Waals surface area contributed by atoms with Crippen molar-refractivity contribution in [2.75, 3.05) is 31.1 Å². The van der Waals surface area contributed by atoms with E-state index in [2.05, 4.69) is 9.88 Å². The third kappa shape index (κ3) is 3.96. The Hall–Kier alpha value is -2.06. The van der Waals surface area contributed by atoms with Crippen molar-refractivity contribution in [1.82, 2.24) is 9.88 Å². The number of rotatable bonds is 5. The minimum absolute atomic E-state index is 0.303. The van der Waals surface area contributed by atoms with Gasteiger partial charge in [0.1, 0.15) is 0 Å². The highest BCUT2D eigenvalue weighted by atomic mass is 32.2. The van der Waals surface area contributed by atoms with Crippen LogP contribution >= 0.6 is 0 Å². The molecule has 8 heteroatoms. The number of hydrogen-bond acceptors (Lipinski definition) is 5. The van der Waals surface area contributed by atoms with E-state index >= 15 is 0 Å². The monoisotopic (exact) mass is 367 g/mol. The summed E-state index contributed by atoms with van der Waals surface area (Å²) in [6, 6.07) is 11.7. The predicted octanol–water partition coefficient (Wildman–Crippen LogP) is 2.40. The van der Waals surface area contributed by atoms with Gasteiger partial charge in [-0.2, -0.15) is 8.78 Å². The third-order valence-corrected chi connectivity index (χ3v) is 5.66. The first-order chi connectivity index (χ1) is 12.0. The first-order valence-electron chi connectivity index (χ1n) is 7.97. The van der Waals surface area contributed by atoms with E-state index in [0.29, 0.717) is 38.4 Å². The first kappa shape index (κ1) is 17.8. The summed E-state index contributed by atoms with van der Waals surface area (Å²) in [5.74, 6) is -3.42. The molecule has 0 amide bonds. The highest BCUT2D eigenvalue weighted by molar-refractivity contribution is 7.91. The summed E-state index contributed by atoms with van der Waals surface area (Å²) < 4.78 is 49.7. The Morgan fingerprint density at radius 2 is 1.68 bits per heavy atom. The molecule has 1 saturated heterocycles. The molecule has 0 radical (unpaired) electrons. The Kier molecular flexibility index (Phi) is 5.29. The standard InChI is InChI=1S/C17H19F2N3O2S/c18-17(19)25(23,24)16-7-2-1-6-15(16)22-11-9-21(10-12-22)13-14-5-3-4-8-20-14/h1-8,17H,9-13H2. The highest BCUT2D eigenvalue weighted by Gasteiger charge is 2.31. The van der Waals surface area contributed by atoms with Crippen LogP contribution in [0.4, 0.5) is 14.5 Å². The lowest BCUT2D eigenvalue weighted by molar-refractivity contribution is 0.234. The average molecular weight is 367 g/mol. The second-order valence-corrected chi connectivity index (χ2v) is 7.74. The van der Waals surface area contributed by atoms with Crippen LogP contribution in [0.1, 0.15) is 5.69 Å². The fourth-order valence-electron chi connectivity index (χ4n) is 2.92. The van der Waals surface area contributed by atoms with Crippen LogP contribution in [0.15, 0.2) is 53.6 Å². The lowest BCUT2D eigenvalue weighted by Crippen LogP contribution is -2.46. The van der Waals surface area contributed by atoms with Crippen LogP contribution in [-0.4, -0.2) is 50.2 Å². The van der Waals surface area contributed by atoms with Crippen LogP contribution in [0.25, 0.3) is 0 Å². The second-order valence-electron chi connectivity index (χ2n) is 5.86.